The van der Waals surface area contributed by atoms with Gasteiger partial charge in [-0.2, -0.15) is 11.8 Å². The molecule has 0 aromatic carbocycles. The molecule has 1 saturated heterocycles. The van der Waals surface area contributed by atoms with Gasteiger partial charge in [0.1, 0.15) is 0 Å². The molecule has 0 aromatic rings. The highest BCUT2D eigenvalue weighted by molar-refractivity contribution is 7.98. The van der Waals surface area contributed by atoms with Gasteiger partial charge in [-0.25, -0.2) is 0 Å². The maximum Gasteiger partial charge on any atom is 0.00797 e. The van der Waals surface area contributed by atoms with Gasteiger partial charge < -0.3 is 10.2 Å². The second-order valence-electron chi connectivity index (χ2n) is 4.23. The van der Waals surface area contributed by atoms with Crippen molar-refractivity contribution in [3.05, 3.63) is 0 Å². The SMILES string of the molecule is CSCCCNC1CCCN(C)CC1. The predicted octanol–water partition coefficient (Wildman–Crippen LogP) is 1.81. The van der Waals surface area contributed by atoms with Gasteiger partial charge in [0, 0.05) is 6.04 Å². The van der Waals surface area contributed by atoms with Crippen LogP contribution in [0.4, 0.5) is 0 Å². The second-order valence-corrected chi connectivity index (χ2v) is 5.22. The lowest BCUT2D eigenvalue weighted by atomic mass is 10.1. The fraction of sp³-hybridized carbons (Fsp3) is 1.00. The zero-order valence-electron chi connectivity index (χ0n) is 9.59. The zero-order valence-corrected chi connectivity index (χ0v) is 10.4. The van der Waals surface area contributed by atoms with Crippen molar-refractivity contribution in [2.24, 2.45) is 0 Å². The molecule has 1 rings (SSSR count). The minimum Gasteiger partial charge on any atom is -0.314 e. The van der Waals surface area contributed by atoms with E-state index in [0.29, 0.717) is 0 Å². The first-order chi connectivity index (χ1) is 6.83. The molecule has 3 heteroatoms. The summed E-state index contributed by atoms with van der Waals surface area (Å²) < 4.78 is 0. The Kier molecular flexibility index (Phi) is 6.65. The van der Waals surface area contributed by atoms with Gasteiger partial charge in [0.25, 0.3) is 0 Å². The summed E-state index contributed by atoms with van der Waals surface area (Å²) in [6.07, 6.45) is 7.55. The Hall–Kier alpha value is 0.270. The summed E-state index contributed by atoms with van der Waals surface area (Å²) in [5.74, 6) is 1.29. The molecule has 1 heterocycles. The Morgan fingerprint density at radius 1 is 1.36 bits per heavy atom. The third kappa shape index (κ3) is 5.23. The Morgan fingerprint density at radius 3 is 3.00 bits per heavy atom. The normalized spacial score (nSPS) is 24.9. The topological polar surface area (TPSA) is 15.3 Å². The van der Waals surface area contributed by atoms with Gasteiger partial charge in [-0.1, -0.05) is 0 Å². The second kappa shape index (κ2) is 7.55. The van der Waals surface area contributed by atoms with Crippen LogP contribution in [0.15, 0.2) is 0 Å². The molecule has 0 radical (unpaired) electrons. The fourth-order valence-electron chi connectivity index (χ4n) is 1.97. The molecule has 0 aromatic heterocycles. The van der Waals surface area contributed by atoms with Crippen LogP contribution in [0.25, 0.3) is 0 Å². The van der Waals surface area contributed by atoms with Crippen LogP contribution >= 0.6 is 11.8 Å². The molecule has 84 valence electrons. The van der Waals surface area contributed by atoms with Crippen LogP contribution in [0.5, 0.6) is 0 Å². The van der Waals surface area contributed by atoms with Crippen LogP contribution in [0.2, 0.25) is 0 Å². The van der Waals surface area contributed by atoms with Crippen molar-refractivity contribution < 1.29 is 0 Å². The Bertz CT molecular complexity index is 141. The van der Waals surface area contributed by atoms with Crippen molar-refractivity contribution in [1.82, 2.24) is 10.2 Å². The first-order valence-corrected chi connectivity index (χ1v) is 7.13. The quantitative estimate of drug-likeness (QED) is 0.706. The first-order valence-electron chi connectivity index (χ1n) is 5.74. The minimum atomic E-state index is 0.779. The van der Waals surface area contributed by atoms with E-state index in [1.54, 1.807) is 0 Å². The standard InChI is InChI=1S/C11H24N2S/c1-13-8-3-5-11(6-9-13)12-7-4-10-14-2/h11-12H,3-10H2,1-2H3. The minimum absolute atomic E-state index is 0.779. The fourth-order valence-corrected chi connectivity index (χ4v) is 2.40. The molecule has 1 unspecified atom stereocenters. The van der Waals surface area contributed by atoms with Crippen molar-refractivity contribution in [3.8, 4) is 0 Å². The Morgan fingerprint density at radius 2 is 2.21 bits per heavy atom. The van der Waals surface area contributed by atoms with Crippen molar-refractivity contribution in [3.63, 3.8) is 0 Å². The van der Waals surface area contributed by atoms with E-state index in [4.69, 9.17) is 0 Å². The van der Waals surface area contributed by atoms with Crippen LogP contribution < -0.4 is 5.32 Å². The summed E-state index contributed by atoms with van der Waals surface area (Å²) >= 11 is 1.94. The lowest BCUT2D eigenvalue weighted by Crippen LogP contribution is -2.31. The number of nitrogens with one attached hydrogen (secondary N) is 1. The molecule has 1 aliphatic heterocycles. The zero-order chi connectivity index (χ0) is 10.2. The molecule has 0 spiro atoms. The number of thioether (sulfide) groups is 1. The molecular weight excluding hydrogens is 192 g/mol. The molecular formula is C11H24N2S. The van der Waals surface area contributed by atoms with Gasteiger partial charge >= 0.3 is 0 Å². The first kappa shape index (κ1) is 12.3. The van der Waals surface area contributed by atoms with E-state index in [9.17, 15) is 0 Å². The van der Waals surface area contributed by atoms with Gasteiger partial charge in [-0.15, -0.1) is 0 Å². The van der Waals surface area contributed by atoms with Crippen LogP contribution in [-0.4, -0.2) is 49.6 Å². The van der Waals surface area contributed by atoms with Gasteiger partial charge in [0.2, 0.25) is 0 Å². The van der Waals surface area contributed by atoms with Gasteiger partial charge in [-0.3, -0.25) is 0 Å². The Labute approximate surface area is 92.8 Å². The van der Waals surface area contributed by atoms with E-state index < -0.39 is 0 Å². The summed E-state index contributed by atoms with van der Waals surface area (Å²) in [5.41, 5.74) is 0. The van der Waals surface area contributed by atoms with Crippen LogP contribution in [-0.2, 0) is 0 Å². The van der Waals surface area contributed by atoms with Crippen molar-refractivity contribution in [2.75, 3.05) is 38.7 Å². The third-order valence-electron chi connectivity index (χ3n) is 2.91. The number of likely N-dealkylation sites (tertiary alicyclic amines) is 1. The highest BCUT2D eigenvalue weighted by Gasteiger charge is 2.13. The van der Waals surface area contributed by atoms with E-state index >= 15 is 0 Å². The molecule has 0 saturated carbocycles. The molecule has 0 amide bonds. The highest BCUT2D eigenvalue weighted by atomic mass is 32.2. The van der Waals surface area contributed by atoms with Crippen molar-refractivity contribution in [1.29, 1.82) is 0 Å². The van der Waals surface area contributed by atoms with Gasteiger partial charge in [-0.05, 0) is 64.4 Å². The lowest BCUT2D eigenvalue weighted by molar-refractivity contribution is 0.344. The summed E-state index contributed by atoms with van der Waals surface area (Å²) in [6.45, 7) is 3.75. The summed E-state index contributed by atoms with van der Waals surface area (Å²) in [5, 5.41) is 3.68. The van der Waals surface area contributed by atoms with Crippen LogP contribution in [0.1, 0.15) is 25.7 Å². The molecule has 14 heavy (non-hydrogen) atoms. The number of rotatable bonds is 5. The molecule has 2 nitrogen and oxygen atoms in total. The van der Waals surface area contributed by atoms with Crippen molar-refractivity contribution in [2.45, 2.75) is 31.7 Å². The van der Waals surface area contributed by atoms with Gasteiger partial charge in [0.15, 0.2) is 0 Å². The number of hydrogen-bond donors (Lipinski definition) is 1. The molecule has 1 N–H and O–H groups in total. The van der Waals surface area contributed by atoms with Crippen molar-refractivity contribution >= 4 is 11.8 Å². The molecule has 1 aliphatic rings. The monoisotopic (exact) mass is 216 g/mol. The van der Waals surface area contributed by atoms with Crippen LogP contribution in [0.3, 0.4) is 0 Å². The molecule has 0 bridgehead atoms. The highest BCUT2D eigenvalue weighted by Crippen LogP contribution is 2.09. The lowest BCUT2D eigenvalue weighted by Gasteiger charge is -2.16. The number of hydrogen-bond acceptors (Lipinski definition) is 3. The largest absolute Gasteiger partial charge is 0.314 e. The van der Waals surface area contributed by atoms with E-state index in [1.165, 1.54) is 51.1 Å². The Balaban J connectivity index is 2.05. The maximum atomic E-state index is 3.68. The summed E-state index contributed by atoms with van der Waals surface area (Å²) in [4.78, 5) is 2.45. The smallest absolute Gasteiger partial charge is 0.00797 e. The molecule has 0 aliphatic carbocycles. The van der Waals surface area contributed by atoms with E-state index in [2.05, 4.69) is 23.5 Å². The van der Waals surface area contributed by atoms with Crippen LogP contribution in [0, 0.1) is 0 Å². The maximum absolute atomic E-state index is 3.68. The van der Waals surface area contributed by atoms with E-state index in [-0.39, 0.29) is 0 Å². The average molecular weight is 216 g/mol. The summed E-state index contributed by atoms with van der Waals surface area (Å²) in [6, 6.07) is 0.779. The van der Waals surface area contributed by atoms with E-state index in [0.717, 1.165) is 6.04 Å². The summed E-state index contributed by atoms with van der Waals surface area (Å²) in [7, 11) is 2.23. The number of nitrogens with zero attached hydrogens (tertiary/aromatic N) is 1. The predicted molar refractivity (Wildman–Crippen MR) is 66.1 cm³/mol. The van der Waals surface area contributed by atoms with Gasteiger partial charge in [0.05, 0.1) is 0 Å². The molecule has 1 atom stereocenters. The average Bonchev–Trinajstić information content (AvgIpc) is 2.38. The molecule has 1 fully saturated rings. The third-order valence-corrected chi connectivity index (χ3v) is 3.61. The van der Waals surface area contributed by atoms with E-state index in [1.807, 2.05) is 11.8 Å².